The molecular weight excluding hydrogens is 893 g/mol. The van der Waals surface area contributed by atoms with E-state index in [9.17, 15) is 34.3 Å². The average molecular weight is 960 g/mol. The Balaban J connectivity index is 0.000000207. The zero-order chi connectivity index (χ0) is 46.1. The Morgan fingerprint density at radius 1 is 1.13 bits per heavy atom. The number of nitrogens with one attached hydrogen (secondary N) is 1. The lowest BCUT2D eigenvalue weighted by molar-refractivity contribution is -0.250. The quantitative estimate of drug-likeness (QED) is 0.125. The zero-order valence-corrected chi connectivity index (χ0v) is 40.0. The molecule has 6 fully saturated rings. The number of carbonyl (C=O) groups is 3. The van der Waals surface area contributed by atoms with E-state index in [0.717, 1.165) is 43.1 Å². The summed E-state index contributed by atoms with van der Waals surface area (Å²) in [5, 5.41) is 34.8. The van der Waals surface area contributed by atoms with Gasteiger partial charge in [-0.1, -0.05) is 32.8 Å². The summed E-state index contributed by atoms with van der Waals surface area (Å²) in [4.78, 5) is 58.6. The van der Waals surface area contributed by atoms with Crippen molar-refractivity contribution in [1.29, 1.82) is 0 Å². The first kappa shape index (κ1) is 50.6. The minimum atomic E-state index is -4.93. The maximum atomic E-state index is 17.2. The van der Waals surface area contributed by atoms with Crippen LogP contribution in [0.4, 0.5) is 4.39 Å². The summed E-state index contributed by atoms with van der Waals surface area (Å²) in [6, 6.07) is -1.18. The topological polar surface area (TPSA) is 222 Å². The third-order valence-corrected chi connectivity index (χ3v) is 17.3. The molecule has 3 heterocycles. The Labute approximate surface area is 378 Å². The molecular formula is C42H66Cl2FN2O13PS. The predicted octanol–water partition coefficient (Wildman–Crippen LogP) is 4.40. The van der Waals surface area contributed by atoms with Gasteiger partial charge in [0, 0.05) is 29.7 Å². The fraction of sp³-hybridized carbons (Fsp3) is 0.881. The number of phosphoric ester groups is 1. The van der Waals surface area contributed by atoms with Crippen molar-refractivity contribution in [3.63, 3.8) is 0 Å². The maximum absolute atomic E-state index is 17.2. The monoisotopic (exact) mass is 958 g/mol. The summed E-state index contributed by atoms with van der Waals surface area (Å²) in [6.45, 7) is 12.0. The normalized spacial score (nSPS) is 44.7. The molecule has 15 nitrogen and oxygen atoms in total. The van der Waals surface area contributed by atoms with Crippen LogP contribution in [0.5, 0.6) is 0 Å². The van der Waals surface area contributed by atoms with Crippen LogP contribution >= 0.6 is 42.8 Å². The van der Waals surface area contributed by atoms with Crippen molar-refractivity contribution in [2.45, 2.75) is 176 Å². The Kier molecular flexibility index (Phi) is 15.0. The number of Topliss-reactive ketones (excluding diaryl/α,β-unsaturated/α-hetero) is 1. The van der Waals surface area contributed by atoms with E-state index >= 15 is 4.39 Å². The lowest BCUT2D eigenvalue weighted by atomic mass is 9.44. The van der Waals surface area contributed by atoms with Crippen molar-refractivity contribution in [2.75, 3.05) is 25.7 Å². The number of aliphatic hydroxyl groups is 3. The number of fused-ring (bicyclic) bond motifs is 7. The van der Waals surface area contributed by atoms with Crippen LogP contribution < -0.4 is 5.32 Å². The highest BCUT2D eigenvalue weighted by molar-refractivity contribution is 7.99. The van der Waals surface area contributed by atoms with Gasteiger partial charge in [0.25, 0.3) is 0 Å². The van der Waals surface area contributed by atoms with E-state index in [1.807, 2.05) is 25.8 Å². The van der Waals surface area contributed by atoms with E-state index in [2.05, 4.69) is 16.8 Å². The molecule has 3 saturated carbocycles. The summed E-state index contributed by atoms with van der Waals surface area (Å²) in [6.07, 6.45) is 0.907. The average Bonchev–Trinajstić information content (AvgIpc) is 3.77. The van der Waals surface area contributed by atoms with E-state index in [1.54, 1.807) is 33.1 Å². The molecule has 354 valence electrons. The molecule has 7 aliphatic rings. The molecule has 0 radical (unpaired) electrons. The van der Waals surface area contributed by atoms with Crippen molar-refractivity contribution in [3.05, 3.63) is 11.6 Å². The summed E-state index contributed by atoms with van der Waals surface area (Å²) in [5.41, 5.74) is -4.99. The molecule has 0 unspecified atom stereocenters. The molecule has 17 atom stereocenters. The van der Waals surface area contributed by atoms with Crippen LogP contribution in [0, 0.1) is 28.6 Å². The van der Waals surface area contributed by atoms with Crippen LogP contribution in [0.1, 0.15) is 99.3 Å². The van der Waals surface area contributed by atoms with Crippen molar-refractivity contribution >= 4 is 60.3 Å². The second kappa shape index (κ2) is 18.4. The van der Waals surface area contributed by atoms with E-state index < -0.39 is 95.1 Å². The standard InChI is InChI=1S/C24H32ClFO5.C18H34ClN2O8PS/c1-20(2)30-19-10-16-15-6-5-13-9-14(27)7-8-21(13,3)23(15,26)17(28)11-22(16,4)24(19,31-20)18(29)12-25;1-5-6-10-7-11(21(3)8-10)17(24)20-12(9(2)19)15-13(22)14(23)16(18(28-15)31-4)29-30(25,26)27/h9,15-17,19,28H,5-8,10-12H2,1-4H3;9-16,18,22-23H,5-8H2,1-4H3,(H,20,24)(H2,25,26,27)/t15-,16-,17-,19+,21-,22-,23-,24+;9-,10+,11-,12+,13+,14-,15+,16+,18+/m00/s1. The maximum Gasteiger partial charge on any atom is 0.470 e. The van der Waals surface area contributed by atoms with Gasteiger partial charge in [-0.3, -0.25) is 23.8 Å². The number of aliphatic hydroxyl groups excluding tert-OH is 3. The van der Waals surface area contributed by atoms with Gasteiger partial charge in [-0.05, 0) is 96.9 Å². The Morgan fingerprint density at radius 3 is 2.40 bits per heavy atom. The predicted molar refractivity (Wildman–Crippen MR) is 230 cm³/mol. The number of phosphoric acid groups is 1. The number of likely N-dealkylation sites (N-methyl/N-ethyl adjacent to an activating group) is 1. The second-order valence-corrected chi connectivity index (χ2v) is 22.6. The largest absolute Gasteiger partial charge is 0.470 e. The van der Waals surface area contributed by atoms with Gasteiger partial charge < -0.3 is 44.6 Å². The fourth-order valence-corrected chi connectivity index (χ4v) is 14.4. The van der Waals surface area contributed by atoms with Gasteiger partial charge in [-0.25, -0.2) is 8.96 Å². The molecule has 0 aromatic carbocycles. The van der Waals surface area contributed by atoms with Gasteiger partial charge in [0.1, 0.15) is 35.5 Å². The van der Waals surface area contributed by atoms with Gasteiger partial charge in [-0.2, -0.15) is 0 Å². The fourth-order valence-electron chi connectivity index (χ4n) is 12.6. The lowest BCUT2D eigenvalue weighted by Crippen LogP contribution is -2.70. The van der Waals surface area contributed by atoms with Gasteiger partial charge in [0.15, 0.2) is 23.0 Å². The molecule has 7 rings (SSSR count). The van der Waals surface area contributed by atoms with Crippen LogP contribution in [-0.2, 0) is 37.7 Å². The minimum absolute atomic E-state index is 0.0377. The van der Waals surface area contributed by atoms with Gasteiger partial charge >= 0.3 is 7.82 Å². The van der Waals surface area contributed by atoms with Crippen molar-refractivity contribution in [3.8, 4) is 0 Å². The van der Waals surface area contributed by atoms with Crippen LogP contribution in [0.3, 0.4) is 0 Å². The summed E-state index contributed by atoms with van der Waals surface area (Å²) < 4.78 is 51.5. The van der Waals surface area contributed by atoms with E-state index in [0.29, 0.717) is 38.0 Å². The Hall–Kier alpha value is -0.760. The molecule has 0 aromatic rings. The molecule has 3 saturated heterocycles. The Morgan fingerprint density at radius 2 is 1.81 bits per heavy atom. The highest BCUT2D eigenvalue weighted by Crippen LogP contribution is 2.72. The summed E-state index contributed by atoms with van der Waals surface area (Å²) in [5.74, 6) is -1.82. The smallest absolute Gasteiger partial charge is 0.390 e. The number of ketones is 2. The van der Waals surface area contributed by atoms with E-state index in [-0.39, 0.29) is 41.7 Å². The number of thioether (sulfide) groups is 1. The van der Waals surface area contributed by atoms with E-state index in [4.69, 9.17) is 47.2 Å². The molecule has 0 bridgehead atoms. The molecule has 3 aliphatic heterocycles. The van der Waals surface area contributed by atoms with Gasteiger partial charge in [0.05, 0.1) is 35.5 Å². The number of rotatable bonds is 11. The molecule has 1 amide bonds. The van der Waals surface area contributed by atoms with Gasteiger partial charge in [0.2, 0.25) is 5.91 Å². The third kappa shape index (κ3) is 8.67. The number of nitrogens with zero attached hydrogens (tertiary/aromatic N) is 1. The van der Waals surface area contributed by atoms with Gasteiger partial charge in [-0.15, -0.1) is 35.0 Å². The van der Waals surface area contributed by atoms with E-state index in [1.165, 1.54) is 0 Å². The lowest BCUT2D eigenvalue weighted by Gasteiger charge is -2.63. The third-order valence-electron chi connectivity index (χ3n) is 15.4. The highest BCUT2D eigenvalue weighted by Gasteiger charge is 2.80. The van der Waals surface area contributed by atoms with Crippen LogP contribution in [0.15, 0.2) is 11.6 Å². The first-order valence-electron chi connectivity index (χ1n) is 21.8. The van der Waals surface area contributed by atoms with Crippen molar-refractivity contribution < 1.29 is 67.2 Å². The first-order valence-corrected chi connectivity index (χ1v) is 25.5. The highest BCUT2D eigenvalue weighted by atomic mass is 35.5. The minimum Gasteiger partial charge on any atom is -0.390 e. The number of likely N-dealkylation sites (tertiary alicyclic amines) is 1. The summed E-state index contributed by atoms with van der Waals surface area (Å²) in [7, 11) is -3.04. The number of amides is 1. The van der Waals surface area contributed by atoms with Crippen molar-refractivity contribution in [2.24, 2.45) is 28.6 Å². The first-order chi connectivity index (χ1) is 28.7. The number of carbonyl (C=O) groups excluding carboxylic acids is 3. The number of alkyl halides is 3. The molecule has 20 heteroatoms. The number of hydrogen-bond donors (Lipinski definition) is 6. The number of allylic oxidation sites excluding steroid dienone is 1. The molecule has 4 aliphatic carbocycles. The molecule has 0 aromatic heterocycles. The molecule has 6 N–H and O–H groups in total. The van der Waals surface area contributed by atoms with Crippen LogP contribution in [-0.4, -0.2) is 150 Å². The molecule has 62 heavy (non-hydrogen) atoms. The number of hydrogen-bond acceptors (Lipinski definition) is 13. The van der Waals surface area contributed by atoms with Crippen LogP contribution in [0.2, 0.25) is 0 Å². The van der Waals surface area contributed by atoms with Crippen LogP contribution in [0.25, 0.3) is 0 Å². The number of ether oxygens (including phenoxy) is 3. The Bertz CT molecular complexity index is 1790. The zero-order valence-electron chi connectivity index (χ0n) is 36.8. The SMILES string of the molecule is CC1(C)O[C@@H]2C[C@H]3[C@@H]4CCC5=CC(=O)CC[C@]5(C)[C@@]4(F)[C@@H](O)C[C@]3(C)[C@]2(C(=O)CCl)O1.CCC[C@@H]1C[C@@H](C(=O)N[C@@H]([C@H]2O[C@H](SC)[C@H](OP(=O)(O)O)[C@@H](O)[C@H]2O)[C@H](C)Cl)N(C)C1. The summed E-state index contributed by atoms with van der Waals surface area (Å²) >= 11 is 13.4. The molecule has 0 spiro atoms. The number of halogens is 3. The second-order valence-electron chi connectivity index (χ2n) is 19.6. The van der Waals surface area contributed by atoms with Crippen molar-refractivity contribution in [1.82, 2.24) is 10.2 Å².